The minimum absolute atomic E-state index is 0.179. The van der Waals surface area contributed by atoms with Crippen LogP contribution in [0.15, 0.2) is 23.0 Å². The number of aryl methyl sites for hydroxylation is 1. The SMILES string of the molecule is CC[n+]1cc(-c2ccsc2)nc(C#N)c1C#N. The highest BCUT2D eigenvalue weighted by atomic mass is 32.1. The van der Waals surface area contributed by atoms with E-state index in [1.54, 1.807) is 22.1 Å². The molecule has 0 fully saturated rings. The first-order valence-corrected chi connectivity index (χ1v) is 6.01. The Morgan fingerprint density at radius 1 is 1.41 bits per heavy atom. The number of rotatable bonds is 2. The number of nitriles is 2. The van der Waals surface area contributed by atoms with Gasteiger partial charge in [-0.3, -0.25) is 0 Å². The molecule has 17 heavy (non-hydrogen) atoms. The zero-order valence-electron chi connectivity index (χ0n) is 9.21. The summed E-state index contributed by atoms with van der Waals surface area (Å²) in [6, 6.07) is 5.94. The van der Waals surface area contributed by atoms with E-state index < -0.39 is 0 Å². The number of thiophene rings is 1. The van der Waals surface area contributed by atoms with Gasteiger partial charge in [0.15, 0.2) is 12.3 Å². The maximum absolute atomic E-state index is 9.02. The zero-order valence-corrected chi connectivity index (χ0v) is 10.0. The molecule has 2 aromatic heterocycles. The van der Waals surface area contributed by atoms with Crippen molar-refractivity contribution in [1.29, 1.82) is 10.5 Å². The highest BCUT2D eigenvalue weighted by Crippen LogP contribution is 2.19. The van der Waals surface area contributed by atoms with E-state index in [-0.39, 0.29) is 5.69 Å². The summed E-state index contributed by atoms with van der Waals surface area (Å²) in [6.45, 7) is 2.57. The van der Waals surface area contributed by atoms with Crippen LogP contribution in [0.5, 0.6) is 0 Å². The lowest BCUT2D eigenvalue weighted by molar-refractivity contribution is -0.696. The van der Waals surface area contributed by atoms with Gasteiger partial charge in [-0.25, -0.2) is 4.98 Å². The summed E-state index contributed by atoms with van der Waals surface area (Å²) in [7, 11) is 0. The van der Waals surface area contributed by atoms with Crippen LogP contribution in [0, 0.1) is 22.7 Å². The predicted octanol–water partition coefficient (Wildman–Crippen LogP) is 1.86. The lowest BCUT2D eigenvalue weighted by Crippen LogP contribution is -2.37. The highest BCUT2D eigenvalue weighted by molar-refractivity contribution is 7.08. The van der Waals surface area contributed by atoms with Crippen molar-refractivity contribution in [2.75, 3.05) is 0 Å². The smallest absolute Gasteiger partial charge is 0.224 e. The monoisotopic (exact) mass is 241 g/mol. The average molecular weight is 241 g/mol. The van der Waals surface area contributed by atoms with E-state index in [0.717, 1.165) is 11.3 Å². The molecule has 0 aliphatic carbocycles. The second kappa shape index (κ2) is 4.73. The predicted molar refractivity (Wildman–Crippen MR) is 62.8 cm³/mol. The molecule has 0 aliphatic heterocycles. The van der Waals surface area contributed by atoms with Gasteiger partial charge >= 0.3 is 5.69 Å². The molecule has 0 radical (unpaired) electrons. The van der Waals surface area contributed by atoms with E-state index in [2.05, 4.69) is 4.98 Å². The van der Waals surface area contributed by atoms with Crippen LogP contribution in [0.2, 0.25) is 0 Å². The van der Waals surface area contributed by atoms with Crippen LogP contribution >= 0.6 is 11.3 Å². The summed E-state index contributed by atoms with van der Waals surface area (Å²) < 4.78 is 1.75. The zero-order chi connectivity index (χ0) is 12.3. The van der Waals surface area contributed by atoms with Gasteiger partial charge in [0.25, 0.3) is 0 Å². The molecule has 0 bridgehead atoms. The van der Waals surface area contributed by atoms with E-state index in [4.69, 9.17) is 10.5 Å². The molecule has 0 unspecified atom stereocenters. The first kappa shape index (κ1) is 11.3. The van der Waals surface area contributed by atoms with Gasteiger partial charge in [-0.1, -0.05) is 0 Å². The van der Waals surface area contributed by atoms with Gasteiger partial charge in [0.1, 0.15) is 18.3 Å². The van der Waals surface area contributed by atoms with Crippen LogP contribution in [0.25, 0.3) is 11.3 Å². The molecule has 82 valence electrons. The minimum Gasteiger partial charge on any atom is -0.224 e. The molecular weight excluding hydrogens is 232 g/mol. The van der Waals surface area contributed by atoms with Crippen LogP contribution in [0.4, 0.5) is 0 Å². The quantitative estimate of drug-likeness (QED) is 0.754. The molecule has 0 spiro atoms. The van der Waals surface area contributed by atoms with Gasteiger partial charge in [0.05, 0.1) is 0 Å². The van der Waals surface area contributed by atoms with Gasteiger partial charge in [0.2, 0.25) is 5.69 Å². The molecule has 0 aromatic carbocycles. The summed E-state index contributed by atoms with van der Waals surface area (Å²) in [5.41, 5.74) is 2.19. The lowest BCUT2D eigenvalue weighted by atomic mass is 10.2. The molecule has 2 aromatic rings. The number of aromatic nitrogens is 2. The number of hydrogen-bond donors (Lipinski definition) is 0. The molecule has 0 atom stereocenters. The molecule has 0 aliphatic rings. The van der Waals surface area contributed by atoms with Crippen molar-refractivity contribution >= 4 is 11.3 Å². The minimum atomic E-state index is 0.179. The molecular formula is C12H9N4S+. The highest BCUT2D eigenvalue weighted by Gasteiger charge is 2.19. The molecule has 0 N–H and O–H groups in total. The molecule has 0 amide bonds. The Balaban J connectivity index is 2.67. The van der Waals surface area contributed by atoms with Crippen molar-refractivity contribution in [3.8, 4) is 23.4 Å². The lowest BCUT2D eigenvalue weighted by Gasteiger charge is -2.00. The fourth-order valence-electron chi connectivity index (χ4n) is 1.54. The first-order valence-electron chi connectivity index (χ1n) is 5.07. The molecule has 4 nitrogen and oxygen atoms in total. The third-order valence-corrected chi connectivity index (χ3v) is 3.07. The summed E-state index contributed by atoms with van der Waals surface area (Å²) in [6.07, 6.45) is 1.81. The normalized spacial score (nSPS) is 9.59. The van der Waals surface area contributed by atoms with E-state index in [9.17, 15) is 0 Å². The van der Waals surface area contributed by atoms with Crippen molar-refractivity contribution < 1.29 is 4.57 Å². The Morgan fingerprint density at radius 2 is 2.24 bits per heavy atom. The molecule has 0 saturated carbocycles. The second-order valence-corrected chi connectivity index (χ2v) is 4.13. The third-order valence-electron chi connectivity index (χ3n) is 2.39. The van der Waals surface area contributed by atoms with Gasteiger partial charge in [-0.05, 0) is 18.4 Å². The largest absolute Gasteiger partial charge is 0.320 e. The molecule has 2 rings (SSSR count). The average Bonchev–Trinajstić information content (AvgIpc) is 2.90. The topological polar surface area (TPSA) is 64.3 Å². The van der Waals surface area contributed by atoms with E-state index in [0.29, 0.717) is 12.2 Å². The second-order valence-electron chi connectivity index (χ2n) is 3.35. The molecule has 0 saturated heterocycles. The van der Waals surface area contributed by atoms with Crippen molar-refractivity contribution in [1.82, 2.24) is 4.98 Å². The van der Waals surface area contributed by atoms with E-state index in [1.807, 2.05) is 35.9 Å². The molecule has 2 heterocycles. The van der Waals surface area contributed by atoms with Gasteiger partial charge in [-0.15, -0.1) is 0 Å². The van der Waals surface area contributed by atoms with Crippen molar-refractivity contribution in [3.05, 3.63) is 34.4 Å². The van der Waals surface area contributed by atoms with Gasteiger partial charge in [0, 0.05) is 10.9 Å². The Bertz CT molecular complexity index is 617. The first-order chi connectivity index (χ1) is 8.30. The Kier molecular flexibility index (Phi) is 3.13. The number of hydrogen-bond acceptors (Lipinski definition) is 4. The maximum Gasteiger partial charge on any atom is 0.320 e. The number of nitrogens with zero attached hydrogens (tertiary/aromatic N) is 4. The van der Waals surface area contributed by atoms with Crippen LogP contribution in [0.3, 0.4) is 0 Å². The van der Waals surface area contributed by atoms with Crippen LogP contribution < -0.4 is 4.57 Å². The third kappa shape index (κ3) is 2.01. The van der Waals surface area contributed by atoms with E-state index >= 15 is 0 Å². The fraction of sp³-hybridized carbons (Fsp3) is 0.167. The maximum atomic E-state index is 9.02. The molecule has 5 heteroatoms. The summed E-state index contributed by atoms with van der Waals surface area (Å²) in [4.78, 5) is 4.22. The summed E-state index contributed by atoms with van der Waals surface area (Å²) in [5, 5.41) is 22.0. The van der Waals surface area contributed by atoms with Crippen LogP contribution in [-0.2, 0) is 6.54 Å². The Hall–Kier alpha value is -2.24. The standard InChI is InChI=1S/C12H9N4S/c1-2-16-7-11(9-3-4-17-8-9)15-10(5-13)12(16)6-14/h3-4,7-8H,2H2,1H3/q+1. The van der Waals surface area contributed by atoms with Crippen molar-refractivity contribution in [2.24, 2.45) is 0 Å². The Morgan fingerprint density at radius 3 is 2.76 bits per heavy atom. The Labute approximate surface area is 103 Å². The van der Waals surface area contributed by atoms with Crippen LogP contribution in [0.1, 0.15) is 18.3 Å². The van der Waals surface area contributed by atoms with Crippen LogP contribution in [-0.4, -0.2) is 4.98 Å². The van der Waals surface area contributed by atoms with Crippen molar-refractivity contribution in [3.63, 3.8) is 0 Å². The summed E-state index contributed by atoms with van der Waals surface area (Å²) in [5.74, 6) is 0. The van der Waals surface area contributed by atoms with Gasteiger partial charge in [-0.2, -0.15) is 26.4 Å². The summed E-state index contributed by atoms with van der Waals surface area (Å²) >= 11 is 1.57. The van der Waals surface area contributed by atoms with E-state index in [1.165, 1.54) is 0 Å². The van der Waals surface area contributed by atoms with Gasteiger partial charge < -0.3 is 0 Å². The fourth-order valence-corrected chi connectivity index (χ4v) is 2.19. The van der Waals surface area contributed by atoms with Crippen molar-refractivity contribution in [2.45, 2.75) is 13.5 Å².